The molecule has 1 aromatic rings. The van der Waals surface area contributed by atoms with Gasteiger partial charge >= 0.3 is 0 Å². The lowest BCUT2D eigenvalue weighted by molar-refractivity contribution is 0.517. The summed E-state index contributed by atoms with van der Waals surface area (Å²) in [5.74, 6) is 0. The van der Waals surface area contributed by atoms with Gasteiger partial charge in [-0.15, -0.1) is 0 Å². The molecule has 0 aliphatic heterocycles. The quantitative estimate of drug-likeness (QED) is 0.729. The standard InChI is InChI=1S/C9H18N4O2S/c1-3-4-8(7-10)12-16(14,15)9-5-6-11-13(9)2/h5-6,8,12H,3-4,7,10H2,1-2H3. The highest BCUT2D eigenvalue weighted by molar-refractivity contribution is 7.89. The van der Waals surface area contributed by atoms with Crippen molar-refractivity contribution in [3.05, 3.63) is 12.3 Å². The van der Waals surface area contributed by atoms with Crippen molar-refractivity contribution in [2.45, 2.75) is 30.8 Å². The van der Waals surface area contributed by atoms with E-state index < -0.39 is 10.0 Å². The Morgan fingerprint density at radius 2 is 2.31 bits per heavy atom. The molecule has 7 heteroatoms. The predicted octanol–water partition coefficient (Wildman–Crippen LogP) is -0.174. The van der Waals surface area contributed by atoms with Crippen molar-refractivity contribution in [1.29, 1.82) is 0 Å². The molecule has 0 aliphatic rings. The second-order valence-corrected chi connectivity index (χ2v) is 5.30. The Kier molecular flexibility index (Phi) is 4.45. The van der Waals surface area contributed by atoms with Crippen LogP contribution in [0.15, 0.2) is 17.3 Å². The van der Waals surface area contributed by atoms with Crippen LogP contribution < -0.4 is 10.5 Å². The van der Waals surface area contributed by atoms with Gasteiger partial charge in [0.2, 0.25) is 0 Å². The maximum atomic E-state index is 11.9. The zero-order valence-electron chi connectivity index (χ0n) is 9.55. The van der Waals surface area contributed by atoms with Crippen LogP contribution in [-0.4, -0.2) is 30.8 Å². The topological polar surface area (TPSA) is 90.0 Å². The molecule has 0 aliphatic carbocycles. The number of rotatable bonds is 6. The van der Waals surface area contributed by atoms with Gasteiger partial charge in [0.05, 0.1) is 6.20 Å². The molecule has 1 aromatic heterocycles. The molecule has 0 aromatic carbocycles. The second-order valence-electron chi connectivity index (χ2n) is 3.64. The van der Waals surface area contributed by atoms with Gasteiger partial charge in [-0.2, -0.15) is 5.10 Å². The van der Waals surface area contributed by atoms with Crippen LogP contribution in [0.5, 0.6) is 0 Å². The Hall–Kier alpha value is -0.920. The fourth-order valence-corrected chi connectivity index (χ4v) is 2.89. The van der Waals surface area contributed by atoms with Crippen LogP contribution in [0.4, 0.5) is 0 Å². The molecule has 16 heavy (non-hydrogen) atoms. The minimum atomic E-state index is -3.51. The Morgan fingerprint density at radius 3 is 2.75 bits per heavy atom. The highest BCUT2D eigenvalue weighted by Gasteiger charge is 2.21. The smallest absolute Gasteiger partial charge is 0.257 e. The fourth-order valence-electron chi connectivity index (χ4n) is 1.48. The summed E-state index contributed by atoms with van der Waals surface area (Å²) in [5.41, 5.74) is 5.51. The highest BCUT2D eigenvalue weighted by Crippen LogP contribution is 2.08. The number of nitrogens with one attached hydrogen (secondary N) is 1. The number of hydrogen-bond acceptors (Lipinski definition) is 4. The normalized spacial score (nSPS) is 13.9. The fraction of sp³-hybridized carbons (Fsp3) is 0.667. The monoisotopic (exact) mass is 246 g/mol. The first-order valence-electron chi connectivity index (χ1n) is 5.21. The summed E-state index contributed by atoms with van der Waals surface area (Å²) in [5, 5.41) is 3.98. The van der Waals surface area contributed by atoms with Gasteiger partial charge in [0, 0.05) is 19.6 Å². The molecule has 0 bridgehead atoms. The highest BCUT2D eigenvalue weighted by atomic mass is 32.2. The summed E-state index contributed by atoms with van der Waals surface area (Å²) < 4.78 is 27.8. The van der Waals surface area contributed by atoms with Crippen molar-refractivity contribution < 1.29 is 8.42 Å². The maximum Gasteiger partial charge on any atom is 0.257 e. The third-order valence-corrected chi connectivity index (χ3v) is 3.89. The molecule has 3 N–H and O–H groups in total. The summed E-state index contributed by atoms with van der Waals surface area (Å²) >= 11 is 0. The van der Waals surface area contributed by atoms with E-state index in [0.29, 0.717) is 6.54 Å². The summed E-state index contributed by atoms with van der Waals surface area (Å²) in [6.07, 6.45) is 3.06. The Bertz CT molecular complexity index is 426. The van der Waals surface area contributed by atoms with E-state index in [9.17, 15) is 8.42 Å². The third kappa shape index (κ3) is 3.03. The summed E-state index contributed by atoms with van der Waals surface area (Å²) in [6.45, 7) is 2.28. The molecule has 0 spiro atoms. The van der Waals surface area contributed by atoms with Crippen molar-refractivity contribution >= 4 is 10.0 Å². The molecule has 92 valence electrons. The lowest BCUT2D eigenvalue weighted by atomic mass is 10.2. The average Bonchev–Trinajstić information content (AvgIpc) is 2.64. The van der Waals surface area contributed by atoms with E-state index >= 15 is 0 Å². The lowest BCUT2D eigenvalue weighted by Gasteiger charge is -2.15. The van der Waals surface area contributed by atoms with Crippen molar-refractivity contribution in [1.82, 2.24) is 14.5 Å². The number of nitrogens with two attached hydrogens (primary N) is 1. The number of sulfonamides is 1. The molecule has 0 saturated carbocycles. The third-order valence-electron chi connectivity index (χ3n) is 2.29. The largest absolute Gasteiger partial charge is 0.329 e. The first-order chi connectivity index (χ1) is 7.51. The molecular weight excluding hydrogens is 228 g/mol. The molecule has 6 nitrogen and oxygen atoms in total. The molecule has 0 saturated heterocycles. The van der Waals surface area contributed by atoms with E-state index in [1.807, 2.05) is 6.92 Å². The van der Waals surface area contributed by atoms with Crippen molar-refractivity contribution in [3.8, 4) is 0 Å². The molecule has 1 unspecified atom stereocenters. The number of hydrogen-bond donors (Lipinski definition) is 2. The van der Waals surface area contributed by atoms with Gasteiger partial charge in [-0.25, -0.2) is 13.1 Å². The van der Waals surface area contributed by atoms with Gasteiger partial charge < -0.3 is 5.73 Å². The molecule has 1 atom stereocenters. The van der Waals surface area contributed by atoms with Gasteiger partial charge in [-0.3, -0.25) is 4.68 Å². The van der Waals surface area contributed by atoms with E-state index in [1.54, 1.807) is 7.05 Å². The molecule has 0 amide bonds. The zero-order chi connectivity index (χ0) is 12.2. The van der Waals surface area contributed by atoms with Gasteiger partial charge in [0.1, 0.15) is 0 Å². The first kappa shape index (κ1) is 13.1. The van der Waals surface area contributed by atoms with E-state index in [0.717, 1.165) is 12.8 Å². The van der Waals surface area contributed by atoms with Gasteiger partial charge in [0.15, 0.2) is 5.03 Å². The van der Waals surface area contributed by atoms with Gasteiger partial charge in [-0.1, -0.05) is 13.3 Å². The minimum Gasteiger partial charge on any atom is -0.329 e. The molecule has 0 radical (unpaired) electrons. The summed E-state index contributed by atoms with van der Waals surface area (Å²) in [4.78, 5) is 0. The Balaban J connectivity index is 2.83. The van der Waals surface area contributed by atoms with Gasteiger partial charge in [-0.05, 0) is 12.5 Å². The lowest BCUT2D eigenvalue weighted by Crippen LogP contribution is -2.40. The van der Waals surface area contributed by atoms with Crippen LogP contribution in [0, 0.1) is 0 Å². The number of aryl methyl sites for hydroxylation is 1. The number of nitrogens with zero attached hydrogens (tertiary/aromatic N) is 2. The first-order valence-corrected chi connectivity index (χ1v) is 6.70. The predicted molar refractivity (Wildman–Crippen MR) is 61.3 cm³/mol. The zero-order valence-corrected chi connectivity index (χ0v) is 10.4. The summed E-state index contributed by atoms with van der Waals surface area (Å²) in [6, 6.07) is 1.24. The van der Waals surface area contributed by atoms with Crippen LogP contribution >= 0.6 is 0 Å². The second kappa shape index (κ2) is 5.42. The van der Waals surface area contributed by atoms with E-state index in [1.165, 1.54) is 16.9 Å². The van der Waals surface area contributed by atoms with Crippen LogP contribution in [-0.2, 0) is 17.1 Å². The van der Waals surface area contributed by atoms with Crippen LogP contribution in [0.2, 0.25) is 0 Å². The van der Waals surface area contributed by atoms with E-state index in [4.69, 9.17) is 5.73 Å². The van der Waals surface area contributed by atoms with Crippen LogP contribution in [0.1, 0.15) is 19.8 Å². The van der Waals surface area contributed by atoms with E-state index in [2.05, 4.69) is 9.82 Å². The minimum absolute atomic E-state index is 0.155. The summed E-state index contributed by atoms with van der Waals surface area (Å²) in [7, 11) is -1.92. The maximum absolute atomic E-state index is 11.9. The van der Waals surface area contributed by atoms with E-state index in [-0.39, 0.29) is 11.1 Å². The Labute approximate surface area is 95.9 Å². The van der Waals surface area contributed by atoms with Crippen molar-refractivity contribution in [2.75, 3.05) is 6.54 Å². The van der Waals surface area contributed by atoms with Crippen molar-refractivity contribution in [3.63, 3.8) is 0 Å². The Morgan fingerprint density at radius 1 is 1.62 bits per heavy atom. The van der Waals surface area contributed by atoms with Gasteiger partial charge in [0.25, 0.3) is 10.0 Å². The average molecular weight is 246 g/mol. The molecule has 0 fully saturated rings. The van der Waals surface area contributed by atoms with Crippen molar-refractivity contribution in [2.24, 2.45) is 12.8 Å². The molecular formula is C9H18N4O2S. The SMILES string of the molecule is CCCC(CN)NS(=O)(=O)c1ccnn1C. The molecule has 1 rings (SSSR count). The van der Waals surface area contributed by atoms with Crippen LogP contribution in [0.3, 0.4) is 0 Å². The van der Waals surface area contributed by atoms with Crippen LogP contribution in [0.25, 0.3) is 0 Å². The molecule has 1 heterocycles. The number of aromatic nitrogens is 2.